The number of nitrogens with one attached hydrogen (secondary N) is 1. The third-order valence-corrected chi connectivity index (χ3v) is 8.98. The lowest BCUT2D eigenvalue weighted by molar-refractivity contribution is -0.142. The van der Waals surface area contributed by atoms with E-state index in [1.54, 1.807) is 6.92 Å². The zero-order chi connectivity index (χ0) is 25.1. The Balaban J connectivity index is 1.05. The van der Waals surface area contributed by atoms with Crippen LogP contribution in [0.2, 0.25) is 0 Å². The van der Waals surface area contributed by atoms with Gasteiger partial charge < -0.3 is 19.9 Å². The molecule has 4 saturated carbocycles. The summed E-state index contributed by atoms with van der Waals surface area (Å²) in [7, 11) is 2.80. The van der Waals surface area contributed by atoms with Gasteiger partial charge in [0.2, 0.25) is 23.1 Å². The lowest BCUT2D eigenvalue weighted by Gasteiger charge is -2.60. The third kappa shape index (κ3) is 5.85. The van der Waals surface area contributed by atoms with Gasteiger partial charge in [-0.3, -0.25) is 9.59 Å². The summed E-state index contributed by atoms with van der Waals surface area (Å²) in [6, 6.07) is 0. The molecule has 2 unspecified atom stereocenters. The van der Waals surface area contributed by atoms with Crippen molar-refractivity contribution >= 4 is 11.6 Å². The molecule has 0 aromatic heterocycles. The van der Waals surface area contributed by atoms with Crippen molar-refractivity contribution in [3.05, 3.63) is 22.7 Å². The minimum absolute atomic E-state index is 0.0178. The first-order valence-corrected chi connectivity index (χ1v) is 13.9. The summed E-state index contributed by atoms with van der Waals surface area (Å²) in [5.41, 5.74) is 0.916. The molecule has 4 fully saturated rings. The predicted octanol–water partition coefficient (Wildman–Crippen LogP) is 5.14. The van der Waals surface area contributed by atoms with Gasteiger partial charge in [0.05, 0.1) is 19.8 Å². The van der Waals surface area contributed by atoms with Crippen LogP contribution < -0.4 is 5.32 Å². The molecule has 0 radical (unpaired) electrons. The van der Waals surface area contributed by atoms with Crippen LogP contribution >= 0.6 is 0 Å². The number of aliphatic hydroxyl groups is 1. The molecule has 5 aliphatic rings. The number of methoxy groups -OCH3 is 2. The minimum Gasteiger partial charge on any atom is -0.489 e. The number of unbranched alkanes of at least 4 members (excludes halogenated alkanes) is 7. The van der Waals surface area contributed by atoms with E-state index >= 15 is 0 Å². The van der Waals surface area contributed by atoms with Gasteiger partial charge in [-0.05, 0) is 83.1 Å². The molecule has 5 aliphatic carbocycles. The molecule has 6 nitrogen and oxygen atoms in total. The SMILES string of the molecule is COC1=C(OC)C(=O)C(CCCCCCCCCCNC23CC4CC(CC(O)(C4)C2)C3)=C(C)C1=O. The number of ketones is 2. The van der Waals surface area contributed by atoms with E-state index in [0.717, 1.165) is 56.9 Å². The van der Waals surface area contributed by atoms with Gasteiger partial charge in [-0.2, -0.15) is 0 Å². The molecule has 0 amide bonds. The summed E-state index contributed by atoms with van der Waals surface area (Å²) in [5, 5.41) is 14.8. The average molecular weight is 488 g/mol. The van der Waals surface area contributed by atoms with Crippen LogP contribution in [0, 0.1) is 11.8 Å². The van der Waals surface area contributed by atoms with Crippen LogP contribution in [-0.2, 0) is 19.1 Å². The fourth-order valence-corrected chi connectivity index (χ4v) is 7.75. The Morgan fingerprint density at radius 2 is 1.37 bits per heavy atom. The molecule has 0 saturated heterocycles. The number of Topliss-reactive ketones (excluding diaryl/α,β-unsaturated/α-hetero) is 2. The fourth-order valence-electron chi connectivity index (χ4n) is 7.75. The number of allylic oxidation sites excluding steroid dienone is 2. The molecule has 2 atom stereocenters. The number of ether oxygens (including phenoxy) is 2. The second-order valence-electron chi connectivity index (χ2n) is 11.8. The molecule has 4 bridgehead atoms. The van der Waals surface area contributed by atoms with E-state index in [0.29, 0.717) is 17.6 Å². The van der Waals surface area contributed by atoms with Crippen LogP contribution in [0.5, 0.6) is 0 Å². The topological polar surface area (TPSA) is 84.9 Å². The van der Waals surface area contributed by atoms with Crippen molar-refractivity contribution in [3.63, 3.8) is 0 Å². The van der Waals surface area contributed by atoms with Gasteiger partial charge in [-0.15, -0.1) is 0 Å². The van der Waals surface area contributed by atoms with Gasteiger partial charge in [0, 0.05) is 16.7 Å². The van der Waals surface area contributed by atoms with Crippen molar-refractivity contribution in [2.75, 3.05) is 20.8 Å². The van der Waals surface area contributed by atoms with Crippen LogP contribution in [0.3, 0.4) is 0 Å². The van der Waals surface area contributed by atoms with Gasteiger partial charge in [0.1, 0.15) is 0 Å². The van der Waals surface area contributed by atoms with Crippen molar-refractivity contribution in [3.8, 4) is 0 Å². The molecular weight excluding hydrogens is 442 g/mol. The number of hydrogen-bond donors (Lipinski definition) is 2. The van der Waals surface area contributed by atoms with Gasteiger partial charge in [-0.25, -0.2) is 0 Å². The van der Waals surface area contributed by atoms with Crippen molar-refractivity contribution in [1.29, 1.82) is 0 Å². The Hall–Kier alpha value is -1.66. The minimum atomic E-state index is -0.373. The average Bonchev–Trinajstić information content (AvgIpc) is 2.79. The fraction of sp³-hybridized carbons (Fsp3) is 0.793. The molecule has 0 aliphatic heterocycles. The highest BCUT2D eigenvalue weighted by atomic mass is 16.5. The number of carbonyl (C=O) groups excluding carboxylic acids is 2. The second kappa shape index (κ2) is 11.2. The molecule has 2 N–H and O–H groups in total. The molecule has 0 spiro atoms. The van der Waals surface area contributed by atoms with Gasteiger partial charge in [0.25, 0.3) is 0 Å². The predicted molar refractivity (Wildman–Crippen MR) is 136 cm³/mol. The van der Waals surface area contributed by atoms with Gasteiger partial charge >= 0.3 is 0 Å². The van der Waals surface area contributed by atoms with Crippen molar-refractivity contribution in [1.82, 2.24) is 5.32 Å². The molecule has 0 aromatic rings. The highest BCUT2D eigenvalue weighted by molar-refractivity contribution is 6.23. The van der Waals surface area contributed by atoms with Crippen LogP contribution in [0.4, 0.5) is 0 Å². The summed E-state index contributed by atoms with van der Waals surface area (Å²) in [6.45, 7) is 2.79. The van der Waals surface area contributed by atoms with Crippen molar-refractivity contribution < 1.29 is 24.2 Å². The first-order chi connectivity index (χ1) is 16.8. The molecule has 0 aromatic carbocycles. The van der Waals surface area contributed by atoms with Crippen LogP contribution in [0.25, 0.3) is 0 Å². The summed E-state index contributed by atoms with van der Waals surface area (Å²) in [6.07, 6.45) is 16.9. The van der Waals surface area contributed by atoms with E-state index in [1.165, 1.54) is 65.6 Å². The van der Waals surface area contributed by atoms with Crippen molar-refractivity contribution in [2.24, 2.45) is 11.8 Å². The second-order valence-corrected chi connectivity index (χ2v) is 11.8. The Morgan fingerprint density at radius 1 is 0.829 bits per heavy atom. The smallest absolute Gasteiger partial charge is 0.228 e. The molecule has 5 rings (SSSR count). The Bertz CT molecular complexity index is 858. The van der Waals surface area contributed by atoms with E-state index < -0.39 is 0 Å². The maximum atomic E-state index is 12.7. The number of rotatable bonds is 14. The molecule has 6 heteroatoms. The largest absolute Gasteiger partial charge is 0.489 e. The molecular formula is C29H45NO5. The lowest BCUT2D eigenvalue weighted by atomic mass is 9.51. The van der Waals surface area contributed by atoms with E-state index in [1.807, 2.05) is 0 Å². The highest BCUT2D eigenvalue weighted by Gasteiger charge is 2.56. The van der Waals surface area contributed by atoms with E-state index in [4.69, 9.17) is 9.47 Å². The zero-order valence-corrected chi connectivity index (χ0v) is 22.0. The van der Waals surface area contributed by atoms with E-state index in [-0.39, 0.29) is 34.2 Å². The maximum Gasteiger partial charge on any atom is 0.228 e. The van der Waals surface area contributed by atoms with Crippen molar-refractivity contribution in [2.45, 2.75) is 114 Å². The quantitative estimate of drug-likeness (QED) is 0.261. The summed E-state index contributed by atoms with van der Waals surface area (Å²) in [4.78, 5) is 25.1. The molecule has 196 valence electrons. The normalized spacial score (nSPS) is 32.1. The molecule has 35 heavy (non-hydrogen) atoms. The summed E-state index contributed by atoms with van der Waals surface area (Å²) >= 11 is 0. The first kappa shape index (κ1) is 26.4. The standard InChI is InChI=1S/C29H45NO5/c1-20-23(25(32)27(35-3)26(34-2)24(20)31)12-10-8-6-4-5-7-9-11-13-30-28-15-21-14-22(16-28)18-29(33,17-21)19-28/h21-22,30,33H,4-19H2,1-3H3. The van der Waals surface area contributed by atoms with Gasteiger partial charge in [-0.1, -0.05) is 38.5 Å². The summed E-state index contributed by atoms with van der Waals surface area (Å²) in [5.74, 6) is 1.08. The number of carbonyl (C=O) groups is 2. The van der Waals surface area contributed by atoms with Crippen LogP contribution in [0.1, 0.15) is 103 Å². The van der Waals surface area contributed by atoms with E-state index in [2.05, 4.69) is 5.32 Å². The maximum absolute atomic E-state index is 12.7. The lowest BCUT2D eigenvalue weighted by Crippen LogP contribution is -2.64. The highest BCUT2D eigenvalue weighted by Crippen LogP contribution is 2.57. The zero-order valence-electron chi connectivity index (χ0n) is 22.0. The summed E-state index contributed by atoms with van der Waals surface area (Å²) < 4.78 is 10.3. The van der Waals surface area contributed by atoms with Crippen LogP contribution in [0.15, 0.2) is 22.7 Å². The third-order valence-electron chi connectivity index (χ3n) is 8.98. The first-order valence-electron chi connectivity index (χ1n) is 13.9. The Kier molecular flexibility index (Phi) is 8.42. The molecule has 0 heterocycles. The monoisotopic (exact) mass is 487 g/mol. The Morgan fingerprint density at radius 3 is 1.94 bits per heavy atom. The van der Waals surface area contributed by atoms with Gasteiger partial charge in [0.15, 0.2) is 0 Å². The number of hydrogen-bond acceptors (Lipinski definition) is 6. The van der Waals surface area contributed by atoms with Crippen LogP contribution in [-0.4, -0.2) is 48.6 Å². The van der Waals surface area contributed by atoms with E-state index in [9.17, 15) is 14.7 Å². The Labute approximate surface area is 210 Å².